The Bertz CT molecular complexity index is 773. The van der Waals surface area contributed by atoms with Crippen LogP contribution in [0.25, 0.3) is 0 Å². The molecule has 0 radical (unpaired) electrons. The van der Waals surface area contributed by atoms with Gasteiger partial charge in [0.2, 0.25) is 0 Å². The van der Waals surface area contributed by atoms with Gasteiger partial charge in [0.1, 0.15) is 24.4 Å². The van der Waals surface area contributed by atoms with Gasteiger partial charge in [0, 0.05) is 16.3 Å². The Morgan fingerprint density at radius 3 is 2.11 bits per heavy atom. The Kier molecular flexibility index (Phi) is 5.88. The number of hydrogen-bond acceptors (Lipinski definition) is 8. The van der Waals surface area contributed by atoms with Crippen LogP contribution in [0.4, 0.5) is 11.4 Å². The topological polar surface area (TPSA) is 103 Å². The maximum absolute atomic E-state index is 10.1. The highest BCUT2D eigenvalue weighted by atomic mass is 32.2. The molecule has 2 aromatic rings. The predicted octanol–water partition coefficient (Wildman–Crippen LogP) is 1.11. The van der Waals surface area contributed by atoms with Gasteiger partial charge in [0.25, 0.3) is 0 Å². The van der Waals surface area contributed by atoms with Gasteiger partial charge in [-0.1, -0.05) is 36.0 Å². The molecule has 150 valence electrons. The van der Waals surface area contributed by atoms with Gasteiger partial charge in [0.15, 0.2) is 6.29 Å². The molecular weight excluding hydrogens is 382 g/mol. The first-order chi connectivity index (χ1) is 13.6. The van der Waals surface area contributed by atoms with E-state index in [1.807, 2.05) is 36.4 Å². The van der Waals surface area contributed by atoms with Gasteiger partial charge in [-0.05, 0) is 24.3 Å². The molecule has 2 aromatic carbocycles. The first-order valence-corrected chi connectivity index (χ1v) is 9.97. The summed E-state index contributed by atoms with van der Waals surface area (Å²) in [5, 5.41) is 39.2. The average molecular weight is 405 g/mol. The number of rotatable bonds is 5. The molecule has 0 bridgehead atoms. The first kappa shape index (κ1) is 19.7. The number of anilines is 2. The third-order valence-electron chi connectivity index (χ3n) is 4.98. The summed E-state index contributed by atoms with van der Waals surface area (Å²) in [7, 11) is 0. The molecule has 2 heterocycles. The van der Waals surface area contributed by atoms with E-state index < -0.39 is 37.3 Å². The molecule has 0 saturated carbocycles. The van der Waals surface area contributed by atoms with Crippen LogP contribution in [-0.4, -0.2) is 70.9 Å². The van der Waals surface area contributed by atoms with Crippen molar-refractivity contribution in [3.63, 3.8) is 0 Å². The summed E-state index contributed by atoms with van der Waals surface area (Å²) in [6.45, 7) is 0.245. The van der Waals surface area contributed by atoms with E-state index in [2.05, 4.69) is 17.0 Å². The summed E-state index contributed by atoms with van der Waals surface area (Å²) in [6.07, 6.45) is -6.33. The van der Waals surface area contributed by atoms with Crippen LogP contribution in [0.15, 0.2) is 58.3 Å². The molecule has 4 N–H and O–H groups in total. The zero-order valence-corrected chi connectivity index (χ0v) is 15.9. The Labute approximate surface area is 167 Å². The van der Waals surface area contributed by atoms with E-state index in [9.17, 15) is 20.4 Å². The molecule has 8 heteroatoms. The molecule has 4 rings (SSSR count). The highest BCUT2D eigenvalue weighted by Gasteiger charge is 2.44. The largest absolute Gasteiger partial charge is 0.394 e. The van der Waals surface area contributed by atoms with Gasteiger partial charge in [-0.15, -0.1) is 0 Å². The lowest BCUT2D eigenvalue weighted by atomic mass is 9.99. The van der Waals surface area contributed by atoms with E-state index in [0.29, 0.717) is 6.54 Å². The van der Waals surface area contributed by atoms with Gasteiger partial charge < -0.3 is 34.8 Å². The minimum absolute atomic E-state index is 0.218. The molecule has 2 aliphatic heterocycles. The quantitative estimate of drug-likeness (QED) is 0.587. The van der Waals surface area contributed by atoms with Crippen LogP contribution >= 0.6 is 11.8 Å². The van der Waals surface area contributed by atoms with E-state index in [1.54, 1.807) is 11.8 Å². The monoisotopic (exact) mass is 405 g/mol. The fourth-order valence-electron chi connectivity index (χ4n) is 3.49. The number of nitrogens with zero attached hydrogens (tertiary/aromatic N) is 1. The lowest BCUT2D eigenvalue weighted by Gasteiger charge is -2.40. The molecule has 5 atom stereocenters. The van der Waals surface area contributed by atoms with Crippen LogP contribution in [-0.2, 0) is 9.47 Å². The number of para-hydroxylation sites is 2. The molecule has 0 amide bonds. The van der Waals surface area contributed by atoms with Crippen molar-refractivity contribution >= 4 is 23.1 Å². The smallest absolute Gasteiger partial charge is 0.186 e. The fourth-order valence-corrected chi connectivity index (χ4v) is 4.58. The van der Waals surface area contributed by atoms with Crippen molar-refractivity contribution in [1.82, 2.24) is 0 Å². The van der Waals surface area contributed by atoms with Crippen molar-refractivity contribution in [2.75, 3.05) is 24.7 Å². The molecular formula is C20H23NO6S. The zero-order valence-electron chi connectivity index (χ0n) is 15.1. The van der Waals surface area contributed by atoms with Gasteiger partial charge in [-0.25, -0.2) is 0 Å². The first-order valence-electron chi connectivity index (χ1n) is 9.15. The van der Waals surface area contributed by atoms with E-state index >= 15 is 0 Å². The average Bonchev–Trinajstić information content (AvgIpc) is 2.73. The Morgan fingerprint density at radius 1 is 0.893 bits per heavy atom. The highest BCUT2D eigenvalue weighted by Crippen LogP contribution is 2.47. The second-order valence-corrected chi connectivity index (χ2v) is 7.84. The van der Waals surface area contributed by atoms with Crippen molar-refractivity contribution in [1.29, 1.82) is 0 Å². The van der Waals surface area contributed by atoms with Gasteiger partial charge >= 0.3 is 0 Å². The van der Waals surface area contributed by atoms with Crippen molar-refractivity contribution in [2.24, 2.45) is 0 Å². The standard InChI is InChI=1S/C20H23NO6S/c22-11-14-17(23)18(24)19(25)20(27-14)26-10-9-21-12-5-1-3-7-15(12)28-16-8-4-2-6-13(16)21/h1-8,14,17-20,22-25H,9-11H2/t14-,17-,18+,19-,20-/m1/s1. The molecule has 28 heavy (non-hydrogen) atoms. The third-order valence-corrected chi connectivity index (χ3v) is 6.11. The Hall–Kier alpha value is -1.65. The number of fused-ring (bicyclic) bond motifs is 2. The lowest BCUT2D eigenvalue weighted by Crippen LogP contribution is -2.59. The summed E-state index contributed by atoms with van der Waals surface area (Å²) in [4.78, 5) is 4.44. The third kappa shape index (κ3) is 3.65. The molecule has 0 unspecified atom stereocenters. The van der Waals surface area contributed by atoms with Crippen molar-refractivity contribution in [3.8, 4) is 0 Å². The lowest BCUT2D eigenvalue weighted by molar-refractivity contribution is -0.300. The van der Waals surface area contributed by atoms with Crippen LogP contribution < -0.4 is 4.90 Å². The number of aliphatic hydroxyl groups excluding tert-OH is 4. The summed E-state index contributed by atoms with van der Waals surface area (Å²) < 4.78 is 11.1. The second kappa shape index (κ2) is 8.38. The highest BCUT2D eigenvalue weighted by molar-refractivity contribution is 7.99. The van der Waals surface area contributed by atoms with Crippen LogP contribution in [0, 0.1) is 0 Å². The van der Waals surface area contributed by atoms with E-state index in [-0.39, 0.29) is 6.61 Å². The van der Waals surface area contributed by atoms with Crippen LogP contribution in [0.1, 0.15) is 0 Å². The molecule has 2 aliphatic rings. The number of hydrogen-bond donors (Lipinski definition) is 4. The van der Waals surface area contributed by atoms with E-state index in [4.69, 9.17) is 9.47 Å². The maximum atomic E-state index is 10.1. The molecule has 1 fully saturated rings. The Balaban J connectivity index is 1.47. The molecule has 0 spiro atoms. The van der Waals surface area contributed by atoms with Crippen LogP contribution in [0.2, 0.25) is 0 Å². The second-order valence-electron chi connectivity index (χ2n) is 6.76. The SMILES string of the molecule is OC[C@H]1O[C@@H](OCCN2c3ccccc3Sc3ccccc32)[C@H](O)[C@@H](O)[C@@H]1O. The summed E-state index contributed by atoms with van der Waals surface area (Å²) in [6, 6.07) is 16.2. The van der Waals surface area contributed by atoms with E-state index in [1.165, 1.54) is 0 Å². The number of aliphatic hydroxyl groups is 4. The van der Waals surface area contributed by atoms with Crippen molar-refractivity contribution in [2.45, 2.75) is 40.5 Å². The fraction of sp³-hybridized carbons (Fsp3) is 0.400. The molecule has 1 saturated heterocycles. The normalized spacial score (nSPS) is 29.3. The van der Waals surface area contributed by atoms with E-state index in [0.717, 1.165) is 21.2 Å². The number of benzene rings is 2. The molecule has 0 aliphatic carbocycles. The summed E-state index contributed by atoms with van der Waals surface area (Å²) in [5.74, 6) is 0. The van der Waals surface area contributed by atoms with Crippen molar-refractivity contribution in [3.05, 3.63) is 48.5 Å². The van der Waals surface area contributed by atoms with Crippen LogP contribution in [0.3, 0.4) is 0 Å². The minimum atomic E-state index is -1.44. The predicted molar refractivity (Wildman–Crippen MR) is 104 cm³/mol. The molecule has 0 aromatic heterocycles. The van der Waals surface area contributed by atoms with Crippen LogP contribution in [0.5, 0.6) is 0 Å². The zero-order chi connectivity index (χ0) is 19.7. The van der Waals surface area contributed by atoms with Gasteiger partial charge in [-0.2, -0.15) is 0 Å². The summed E-state index contributed by atoms with van der Waals surface area (Å²) in [5.41, 5.74) is 2.15. The van der Waals surface area contributed by atoms with Gasteiger partial charge in [0.05, 0.1) is 24.6 Å². The summed E-state index contributed by atoms with van der Waals surface area (Å²) >= 11 is 1.72. The van der Waals surface area contributed by atoms with Gasteiger partial charge in [-0.3, -0.25) is 0 Å². The minimum Gasteiger partial charge on any atom is -0.394 e. The Morgan fingerprint density at radius 2 is 1.50 bits per heavy atom. The maximum Gasteiger partial charge on any atom is 0.186 e. The van der Waals surface area contributed by atoms with Crippen molar-refractivity contribution < 1.29 is 29.9 Å². The molecule has 7 nitrogen and oxygen atoms in total. The number of ether oxygens (including phenoxy) is 2.